The highest BCUT2D eigenvalue weighted by atomic mass is 16.5. The van der Waals surface area contributed by atoms with Crippen LogP contribution in [0.25, 0.3) is 0 Å². The quantitative estimate of drug-likeness (QED) is 0.410. The fraction of sp³-hybridized carbons (Fsp3) is 0.321. The van der Waals surface area contributed by atoms with Crippen LogP contribution >= 0.6 is 0 Å². The van der Waals surface area contributed by atoms with Gasteiger partial charge in [0.25, 0.3) is 0 Å². The molecular weight excluding hydrogens is 398 g/mol. The van der Waals surface area contributed by atoms with Gasteiger partial charge in [-0.1, -0.05) is 55.7 Å². The average Bonchev–Trinajstić information content (AvgIpc) is 2.85. The van der Waals surface area contributed by atoms with Gasteiger partial charge in [-0.3, -0.25) is 0 Å². The minimum Gasteiger partial charge on any atom is -0.465 e. The van der Waals surface area contributed by atoms with Crippen LogP contribution < -0.4 is 10.1 Å². The van der Waals surface area contributed by atoms with E-state index in [1.807, 2.05) is 24.3 Å². The van der Waals surface area contributed by atoms with Gasteiger partial charge in [0.1, 0.15) is 11.5 Å². The Balaban J connectivity index is 1.29. The molecular formula is C28H31NO3. The first kappa shape index (κ1) is 22.1. The maximum atomic E-state index is 11.5. The summed E-state index contributed by atoms with van der Waals surface area (Å²) in [7, 11) is 1.39. The van der Waals surface area contributed by atoms with Crippen LogP contribution in [0.15, 0.2) is 72.8 Å². The minimum absolute atomic E-state index is 0.315. The molecule has 1 aliphatic carbocycles. The monoisotopic (exact) mass is 429 g/mol. The summed E-state index contributed by atoms with van der Waals surface area (Å²) in [6, 6.07) is 24.3. The number of esters is 1. The number of hydrogen-bond donors (Lipinski definition) is 1. The molecule has 0 unspecified atom stereocenters. The Morgan fingerprint density at radius 3 is 2.28 bits per heavy atom. The SMILES string of the molecule is COC(=O)c1ccc(CNCc2cccc(Oc3ccc(C4CCCCC4)cc3)c2)cc1. The van der Waals surface area contributed by atoms with Gasteiger partial charge in [0.05, 0.1) is 12.7 Å². The first-order valence-corrected chi connectivity index (χ1v) is 11.5. The maximum Gasteiger partial charge on any atom is 0.337 e. The van der Waals surface area contributed by atoms with E-state index in [1.54, 1.807) is 12.1 Å². The number of rotatable bonds is 8. The molecule has 0 spiro atoms. The van der Waals surface area contributed by atoms with Gasteiger partial charge >= 0.3 is 5.97 Å². The van der Waals surface area contributed by atoms with Crippen molar-refractivity contribution in [3.8, 4) is 11.5 Å². The lowest BCUT2D eigenvalue weighted by atomic mass is 9.84. The topological polar surface area (TPSA) is 47.6 Å². The molecule has 3 aromatic carbocycles. The largest absolute Gasteiger partial charge is 0.465 e. The normalized spacial score (nSPS) is 14.2. The fourth-order valence-electron chi connectivity index (χ4n) is 4.33. The van der Waals surface area contributed by atoms with Crippen molar-refractivity contribution >= 4 is 5.97 Å². The van der Waals surface area contributed by atoms with Crippen molar-refractivity contribution < 1.29 is 14.3 Å². The number of nitrogens with one attached hydrogen (secondary N) is 1. The zero-order valence-corrected chi connectivity index (χ0v) is 18.7. The summed E-state index contributed by atoms with van der Waals surface area (Å²) in [6.07, 6.45) is 6.70. The molecule has 0 aromatic heterocycles. The molecule has 1 N–H and O–H groups in total. The Morgan fingerprint density at radius 2 is 1.56 bits per heavy atom. The van der Waals surface area contributed by atoms with Crippen molar-refractivity contribution in [3.63, 3.8) is 0 Å². The average molecular weight is 430 g/mol. The number of benzene rings is 3. The highest BCUT2D eigenvalue weighted by Gasteiger charge is 2.15. The van der Waals surface area contributed by atoms with Crippen molar-refractivity contribution in [1.29, 1.82) is 0 Å². The van der Waals surface area contributed by atoms with Gasteiger partial charge in [0.15, 0.2) is 0 Å². The molecule has 4 heteroatoms. The molecule has 4 nitrogen and oxygen atoms in total. The van der Waals surface area contributed by atoms with Gasteiger partial charge in [0.2, 0.25) is 0 Å². The highest BCUT2D eigenvalue weighted by Crippen LogP contribution is 2.33. The van der Waals surface area contributed by atoms with E-state index in [-0.39, 0.29) is 5.97 Å². The third-order valence-electron chi connectivity index (χ3n) is 6.12. The lowest BCUT2D eigenvalue weighted by Crippen LogP contribution is -2.12. The molecule has 166 valence electrons. The second-order valence-corrected chi connectivity index (χ2v) is 8.45. The van der Waals surface area contributed by atoms with Crippen molar-refractivity contribution in [2.24, 2.45) is 0 Å². The Labute approximate surface area is 190 Å². The van der Waals surface area contributed by atoms with Crippen LogP contribution in [0.1, 0.15) is 65.1 Å². The zero-order valence-electron chi connectivity index (χ0n) is 18.7. The zero-order chi connectivity index (χ0) is 22.2. The van der Waals surface area contributed by atoms with E-state index in [0.29, 0.717) is 11.5 Å². The number of ether oxygens (including phenoxy) is 2. The highest BCUT2D eigenvalue weighted by molar-refractivity contribution is 5.89. The summed E-state index contributed by atoms with van der Waals surface area (Å²) in [5, 5.41) is 3.44. The fourth-order valence-corrected chi connectivity index (χ4v) is 4.33. The van der Waals surface area contributed by atoms with E-state index in [0.717, 1.165) is 35.7 Å². The summed E-state index contributed by atoms with van der Waals surface area (Å²) >= 11 is 0. The maximum absolute atomic E-state index is 11.5. The van der Waals surface area contributed by atoms with E-state index in [9.17, 15) is 4.79 Å². The van der Waals surface area contributed by atoms with Crippen LogP contribution in [-0.2, 0) is 17.8 Å². The number of carbonyl (C=O) groups is 1. The van der Waals surface area contributed by atoms with Crippen molar-refractivity contribution in [1.82, 2.24) is 5.32 Å². The van der Waals surface area contributed by atoms with E-state index < -0.39 is 0 Å². The molecule has 1 saturated carbocycles. The molecule has 0 atom stereocenters. The van der Waals surface area contributed by atoms with Crippen LogP contribution in [0.3, 0.4) is 0 Å². The third-order valence-corrected chi connectivity index (χ3v) is 6.12. The number of methoxy groups -OCH3 is 1. The van der Waals surface area contributed by atoms with Gasteiger partial charge in [-0.15, -0.1) is 0 Å². The summed E-state index contributed by atoms with van der Waals surface area (Å²) in [6.45, 7) is 1.45. The van der Waals surface area contributed by atoms with Crippen LogP contribution in [0.5, 0.6) is 11.5 Å². The molecule has 0 saturated heterocycles. The van der Waals surface area contributed by atoms with Gasteiger partial charge in [-0.25, -0.2) is 4.79 Å². The predicted octanol–water partition coefficient (Wildman–Crippen LogP) is 6.60. The smallest absolute Gasteiger partial charge is 0.337 e. The second kappa shape index (κ2) is 11.0. The van der Waals surface area contributed by atoms with E-state index in [2.05, 4.69) is 41.7 Å². The van der Waals surface area contributed by atoms with E-state index >= 15 is 0 Å². The van der Waals surface area contributed by atoms with Crippen LogP contribution in [-0.4, -0.2) is 13.1 Å². The Kier molecular flexibility index (Phi) is 7.57. The lowest BCUT2D eigenvalue weighted by Gasteiger charge is -2.22. The predicted molar refractivity (Wildman–Crippen MR) is 127 cm³/mol. The lowest BCUT2D eigenvalue weighted by molar-refractivity contribution is 0.0600. The first-order chi connectivity index (χ1) is 15.7. The van der Waals surface area contributed by atoms with Gasteiger partial charge in [-0.2, -0.15) is 0 Å². The molecule has 3 aromatic rings. The first-order valence-electron chi connectivity index (χ1n) is 11.5. The van der Waals surface area contributed by atoms with Crippen LogP contribution in [0.4, 0.5) is 0 Å². The van der Waals surface area contributed by atoms with Crippen molar-refractivity contribution in [2.75, 3.05) is 7.11 Å². The molecule has 1 fully saturated rings. The summed E-state index contributed by atoms with van der Waals surface area (Å²) in [4.78, 5) is 11.5. The summed E-state index contributed by atoms with van der Waals surface area (Å²) < 4.78 is 10.8. The van der Waals surface area contributed by atoms with Crippen molar-refractivity contribution in [3.05, 3.63) is 95.1 Å². The van der Waals surface area contributed by atoms with Gasteiger partial charge < -0.3 is 14.8 Å². The molecule has 32 heavy (non-hydrogen) atoms. The molecule has 0 amide bonds. The number of carbonyl (C=O) groups excluding carboxylic acids is 1. The molecule has 0 radical (unpaired) electrons. The Morgan fingerprint density at radius 1 is 0.844 bits per heavy atom. The second-order valence-electron chi connectivity index (χ2n) is 8.45. The third kappa shape index (κ3) is 5.98. The van der Waals surface area contributed by atoms with Gasteiger partial charge in [0, 0.05) is 13.1 Å². The van der Waals surface area contributed by atoms with Crippen LogP contribution in [0, 0.1) is 0 Å². The molecule has 1 aliphatic rings. The van der Waals surface area contributed by atoms with Gasteiger partial charge in [-0.05, 0) is 71.8 Å². The molecule has 4 rings (SSSR count). The van der Waals surface area contributed by atoms with E-state index in [1.165, 1.54) is 44.8 Å². The van der Waals surface area contributed by atoms with E-state index in [4.69, 9.17) is 9.47 Å². The summed E-state index contributed by atoms with van der Waals surface area (Å²) in [5.41, 5.74) is 4.28. The summed E-state index contributed by atoms with van der Waals surface area (Å²) in [5.74, 6) is 2.12. The number of hydrogen-bond acceptors (Lipinski definition) is 4. The van der Waals surface area contributed by atoms with Crippen LogP contribution in [0.2, 0.25) is 0 Å². The Hall–Kier alpha value is -3.11. The molecule has 0 aliphatic heterocycles. The molecule has 0 bridgehead atoms. The Bertz CT molecular complexity index is 1010. The standard InChI is InChI=1S/C28H31NO3/c1-31-28(30)25-12-10-21(11-13-25)19-29-20-22-6-5-9-27(18-22)32-26-16-14-24(15-17-26)23-7-3-2-4-8-23/h5-6,9-18,23,29H,2-4,7-8,19-20H2,1H3. The molecule has 0 heterocycles. The minimum atomic E-state index is -0.315. The van der Waals surface area contributed by atoms with Crippen molar-refractivity contribution in [2.45, 2.75) is 51.1 Å².